The quantitative estimate of drug-likeness (QED) is 0.398. The van der Waals surface area contributed by atoms with Crippen LogP contribution in [0.15, 0.2) is 65.6 Å². The van der Waals surface area contributed by atoms with Crippen molar-refractivity contribution >= 4 is 33.2 Å². The molecule has 0 unspecified atom stereocenters. The molecule has 0 saturated heterocycles. The highest BCUT2D eigenvalue weighted by molar-refractivity contribution is 7.92. The van der Waals surface area contributed by atoms with Gasteiger partial charge in [-0.15, -0.1) is 0 Å². The fraction of sp³-hybridized carbons (Fsp3) is 0.240. The third-order valence-corrected chi connectivity index (χ3v) is 7.34. The molecule has 3 aromatic carbocycles. The summed E-state index contributed by atoms with van der Waals surface area (Å²) in [5, 5.41) is 2.95. The summed E-state index contributed by atoms with van der Waals surface area (Å²) in [6.07, 6.45) is 0. The summed E-state index contributed by atoms with van der Waals surface area (Å²) in [6.45, 7) is -0.386. The topological polar surface area (TPSA) is 103 Å². The molecule has 11 heteroatoms. The van der Waals surface area contributed by atoms with E-state index in [0.29, 0.717) is 28.6 Å². The molecule has 192 valence electrons. The number of hydrogen-bond donors (Lipinski definition) is 1. The van der Waals surface area contributed by atoms with Crippen molar-refractivity contribution in [2.24, 2.45) is 0 Å². The maximum absolute atomic E-state index is 13.5. The number of halogens is 1. The Balaban J connectivity index is 1.88. The molecule has 0 bridgehead atoms. The second-order valence-corrected chi connectivity index (χ2v) is 9.72. The first kappa shape index (κ1) is 27.0. The van der Waals surface area contributed by atoms with E-state index in [4.69, 9.17) is 30.5 Å². The van der Waals surface area contributed by atoms with Crippen LogP contribution < -0.4 is 28.6 Å². The highest BCUT2D eigenvalue weighted by Gasteiger charge is 2.28. The molecule has 0 fully saturated rings. The molecule has 0 heterocycles. The monoisotopic (exact) mass is 534 g/mol. The summed E-state index contributed by atoms with van der Waals surface area (Å²) in [5.41, 5.74) is 0.885. The number of rotatable bonds is 11. The number of amides is 1. The van der Waals surface area contributed by atoms with Crippen LogP contribution in [0.3, 0.4) is 0 Å². The van der Waals surface area contributed by atoms with E-state index in [1.54, 1.807) is 36.4 Å². The molecule has 0 aliphatic rings. The Hall–Kier alpha value is -3.63. The average Bonchev–Trinajstić information content (AvgIpc) is 2.90. The number of carbonyl (C=O) groups excluding carboxylic acids is 1. The van der Waals surface area contributed by atoms with Crippen molar-refractivity contribution in [3.05, 3.63) is 71.2 Å². The molecule has 3 aromatic rings. The Labute approximate surface area is 215 Å². The van der Waals surface area contributed by atoms with E-state index in [1.165, 1.54) is 52.7 Å². The van der Waals surface area contributed by atoms with E-state index in [1.807, 2.05) is 0 Å². The average molecular weight is 535 g/mol. The van der Waals surface area contributed by atoms with Crippen molar-refractivity contribution < 1.29 is 32.2 Å². The molecule has 3 rings (SSSR count). The lowest BCUT2D eigenvalue weighted by molar-refractivity contribution is -0.119. The number of nitrogens with one attached hydrogen (secondary N) is 1. The lowest BCUT2D eigenvalue weighted by Gasteiger charge is -2.24. The van der Waals surface area contributed by atoms with Crippen molar-refractivity contribution in [1.29, 1.82) is 0 Å². The lowest BCUT2D eigenvalue weighted by Crippen LogP contribution is -2.40. The minimum absolute atomic E-state index is 0.0365. The van der Waals surface area contributed by atoms with Gasteiger partial charge in [-0.1, -0.05) is 29.8 Å². The minimum atomic E-state index is -4.08. The van der Waals surface area contributed by atoms with Crippen LogP contribution in [-0.4, -0.2) is 49.3 Å². The molecule has 0 radical (unpaired) electrons. The first-order chi connectivity index (χ1) is 17.2. The van der Waals surface area contributed by atoms with Crippen LogP contribution in [0, 0.1) is 0 Å². The number of ether oxygens (including phenoxy) is 4. The third-order valence-electron chi connectivity index (χ3n) is 5.26. The van der Waals surface area contributed by atoms with Crippen molar-refractivity contribution in [1.82, 2.24) is 5.32 Å². The predicted molar refractivity (Wildman–Crippen MR) is 137 cm³/mol. The summed E-state index contributed by atoms with van der Waals surface area (Å²) in [5.74, 6) is 1.13. The van der Waals surface area contributed by atoms with Crippen LogP contribution in [0.5, 0.6) is 23.0 Å². The Morgan fingerprint density at radius 2 is 1.47 bits per heavy atom. The van der Waals surface area contributed by atoms with Crippen molar-refractivity contribution in [3.63, 3.8) is 0 Å². The lowest BCUT2D eigenvalue weighted by atomic mass is 10.1. The van der Waals surface area contributed by atoms with Gasteiger partial charge in [0.15, 0.2) is 11.5 Å². The third kappa shape index (κ3) is 5.95. The summed E-state index contributed by atoms with van der Waals surface area (Å²) in [6, 6.07) is 15.7. The van der Waals surface area contributed by atoms with Gasteiger partial charge in [0.25, 0.3) is 10.0 Å². The van der Waals surface area contributed by atoms with Crippen LogP contribution in [-0.2, 0) is 21.4 Å². The normalized spacial score (nSPS) is 10.9. The molecule has 36 heavy (non-hydrogen) atoms. The maximum Gasteiger partial charge on any atom is 0.264 e. The van der Waals surface area contributed by atoms with E-state index >= 15 is 0 Å². The van der Waals surface area contributed by atoms with E-state index in [9.17, 15) is 13.2 Å². The zero-order valence-electron chi connectivity index (χ0n) is 20.3. The number of nitrogens with zero attached hydrogens (tertiary/aromatic N) is 1. The van der Waals surface area contributed by atoms with Gasteiger partial charge < -0.3 is 24.3 Å². The zero-order valence-corrected chi connectivity index (χ0v) is 21.9. The van der Waals surface area contributed by atoms with Crippen molar-refractivity contribution in [3.8, 4) is 23.0 Å². The number of benzene rings is 3. The van der Waals surface area contributed by atoms with E-state index in [-0.39, 0.29) is 22.2 Å². The highest BCUT2D eigenvalue weighted by Crippen LogP contribution is 2.38. The van der Waals surface area contributed by atoms with Gasteiger partial charge in [-0.3, -0.25) is 9.10 Å². The van der Waals surface area contributed by atoms with Gasteiger partial charge in [0.05, 0.1) is 44.0 Å². The number of hydrogen-bond acceptors (Lipinski definition) is 7. The van der Waals surface area contributed by atoms with Gasteiger partial charge in [-0.25, -0.2) is 8.42 Å². The number of sulfonamides is 1. The summed E-state index contributed by atoms with van der Waals surface area (Å²) < 4.78 is 49.1. The molecule has 1 N–H and O–H groups in total. The summed E-state index contributed by atoms with van der Waals surface area (Å²) >= 11 is 6.25. The van der Waals surface area contributed by atoms with E-state index < -0.39 is 22.5 Å². The smallest absolute Gasteiger partial charge is 0.264 e. The minimum Gasteiger partial charge on any atom is -0.495 e. The number of methoxy groups -OCH3 is 4. The molecule has 0 spiro atoms. The van der Waals surface area contributed by atoms with Gasteiger partial charge >= 0.3 is 0 Å². The summed E-state index contributed by atoms with van der Waals surface area (Å²) in [7, 11) is 1.85. The molecule has 1 amide bonds. The fourth-order valence-electron chi connectivity index (χ4n) is 3.47. The first-order valence-corrected chi connectivity index (χ1v) is 12.5. The largest absolute Gasteiger partial charge is 0.495 e. The van der Waals surface area contributed by atoms with Gasteiger partial charge in [0.2, 0.25) is 11.7 Å². The predicted octanol–water partition coefficient (Wildman–Crippen LogP) is 3.89. The van der Waals surface area contributed by atoms with Crippen LogP contribution in [0.1, 0.15) is 5.56 Å². The number of anilines is 1. The van der Waals surface area contributed by atoms with Gasteiger partial charge in [0, 0.05) is 6.54 Å². The SMILES string of the molecule is COc1ccc(N(CC(=O)NCc2cc(OC)c(OC)c(OC)c2)S(=O)(=O)c2ccccc2)cc1Cl. The van der Waals surface area contributed by atoms with Gasteiger partial charge in [-0.2, -0.15) is 0 Å². The fourth-order valence-corrected chi connectivity index (χ4v) is 5.16. The zero-order chi connectivity index (χ0) is 26.3. The van der Waals surface area contributed by atoms with E-state index in [0.717, 1.165) is 4.31 Å². The van der Waals surface area contributed by atoms with E-state index in [2.05, 4.69) is 5.32 Å². The molecule has 0 aliphatic heterocycles. The Kier molecular flexibility index (Phi) is 8.89. The molecular weight excluding hydrogens is 508 g/mol. The van der Waals surface area contributed by atoms with Crippen LogP contribution >= 0.6 is 11.6 Å². The molecule has 0 aromatic heterocycles. The van der Waals surface area contributed by atoms with Crippen molar-refractivity contribution in [2.45, 2.75) is 11.4 Å². The van der Waals surface area contributed by atoms with Crippen LogP contribution in [0.25, 0.3) is 0 Å². The Morgan fingerprint density at radius 1 is 0.861 bits per heavy atom. The highest BCUT2D eigenvalue weighted by atomic mass is 35.5. The Bertz CT molecular complexity index is 1290. The second kappa shape index (κ2) is 11.9. The first-order valence-electron chi connectivity index (χ1n) is 10.7. The van der Waals surface area contributed by atoms with Crippen LogP contribution in [0.4, 0.5) is 5.69 Å². The molecule has 9 nitrogen and oxygen atoms in total. The standard InChI is InChI=1S/C25H27ClN2O7S/c1-32-21-11-10-18(14-20(21)26)28(36(30,31)19-8-6-5-7-9-19)16-24(29)27-15-17-12-22(33-2)25(35-4)23(13-17)34-3/h5-14H,15-16H2,1-4H3,(H,27,29). The Morgan fingerprint density at radius 3 is 2.00 bits per heavy atom. The summed E-state index contributed by atoms with van der Waals surface area (Å²) in [4.78, 5) is 13.0. The van der Waals surface area contributed by atoms with Gasteiger partial charge in [0.1, 0.15) is 12.3 Å². The number of carbonyl (C=O) groups is 1. The molecular formula is C25H27ClN2O7S. The van der Waals surface area contributed by atoms with Crippen molar-refractivity contribution in [2.75, 3.05) is 39.3 Å². The molecule has 0 aliphatic carbocycles. The maximum atomic E-state index is 13.5. The second-order valence-electron chi connectivity index (χ2n) is 7.45. The molecule has 0 atom stereocenters. The molecule has 0 saturated carbocycles. The van der Waals surface area contributed by atoms with Gasteiger partial charge in [-0.05, 0) is 48.0 Å². The van der Waals surface area contributed by atoms with Crippen LogP contribution in [0.2, 0.25) is 5.02 Å².